The first-order valence-electron chi connectivity index (χ1n) is 11.7. The number of halogens is 2. The van der Waals surface area contributed by atoms with Crippen molar-refractivity contribution >= 4 is 22.9 Å². The molecule has 3 saturated carbocycles. The number of para-hydroxylation sites is 1. The molecule has 4 nitrogen and oxygen atoms in total. The molecule has 0 saturated heterocycles. The fraction of sp³-hybridized carbons (Fsp3) is 0.370. The van der Waals surface area contributed by atoms with Gasteiger partial charge in [-0.2, -0.15) is 0 Å². The number of carbonyl (C=O) groups is 1. The predicted molar refractivity (Wildman–Crippen MR) is 123 cm³/mol. The number of benzene rings is 2. The van der Waals surface area contributed by atoms with Gasteiger partial charge in [0.25, 0.3) is 0 Å². The molecule has 33 heavy (non-hydrogen) atoms. The van der Waals surface area contributed by atoms with Crippen molar-refractivity contribution < 1.29 is 18.7 Å². The van der Waals surface area contributed by atoms with E-state index in [-0.39, 0.29) is 22.7 Å². The van der Waals surface area contributed by atoms with Crippen LogP contribution in [0, 0.1) is 17.6 Å². The smallest absolute Gasteiger partial charge is 0.328 e. The third-order valence-electron chi connectivity index (χ3n) is 8.05. The van der Waals surface area contributed by atoms with E-state index in [9.17, 15) is 4.79 Å². The summed E-state index contributed by atoms with van der Waals surface area (Å²) in [6.45, 7) is 2.16. The van der Waals surface area contributed by atoms with Crippen molar-refractivity contribution in [1.82, 2.24) is 9.88 Å². The number of hydrogen-bond donors (Lipinski definition) is 2. The van der Waals surface area contributed by atoms with Gasteiger partial charge in [-0.15, -0.1) is 0 Å². The van der Waals surface area contributed by atoms with Crippen LogP contribution < -0.4 is 0 Å². The van der Waals surface area contributed by atoms with Crippen molar-refractivity contribution in [2.45, 2.75) is 56.7 Å². The van der Waals surface area contributed by atoms with Crippen LogP contribution in [0.4, 0.5) is 8.78 Å². The molecule has 2 bridgehead atoms. The average Bonchev–Trinajstić information content (AvgIpc) is 3.08. The van der Waals surface area contributed by atoms with Crippen molar-refractivity contribution in [3.05, 3.63) is 76.5 Å². The molecule has 7 rings (SSSR count). The number of aromatic nitrogens is 1. The van der Waals surface area contributed by atoms with Crippen LogP contribution in [0.25, 0.3) is 17.0 Å². The van der Waals surface area contributed by atoms with Gasteiger partial charge in [0.2, 0.25) is 0 Å². The number of rotatable bonds is 5. The minimum absolute atomic E-state index is 0.0196. The second-order valence-corrected chi connectivity index (χ2v) is 9.91. The lowest BCUT2D eigenvalue weighted by atomic mass is 9.48. The minimum atomic E-state index is -1.16. The van der Waals surface area contributed by atoms with Crippen LogP contribution in [0.2, 0.25) is 0 Å². The van der Waals surface area contributed by atoms with Crippen molar-refractivity contribution in [2.75, 3.05) is 0 Å². The molecule has 3 aliphatic carbocycles. The molecule has 4 aliphatic rings. The Balaban J connectivity index is 1.56. The fourth-order valence-electron chi connectivity index (χ4n) is 6.52. The maximum absolute atomic E-state index is 15.6. The number of carboxylic acid groups (broad SMARTS) is 1. The molecule has 3 fully saturated rings. The van der Waals surface area contributed by atoms with E-state index in [2.05, 4.69) is 22.9 Å². The quantitative estimate of drug-likeness (QED) is 0.484. The molecule has 170 valence electrons. The average molecular weight is 449 g/mol. The number of H-pyrrole nitrogens is 1. The van der Waals surface area contributed by atoms with Gasteiger partial charge in [0.05, 0.1) is 6.04 Å². The van der Waals surface area contributed by atoms with Gasteiger partial charge in [0, 0.05) is 39.8 Å². The van der Waals surface area contributed by atoms with Crippen LogP contribution in [-0.4, -0.2) is 32.5 Å². The molecule has 2 heterocycles. The minimum Gasteiger partial charge on any atom is -0.478 e. The molecule has 1 aliphatic heterocycles. The molecular formula is C27H26F2N2O2. The second kappa shape index (κ2) is 7.26. The van der Waals surface area contributed by atoms with E-state index in [1.807, 2.05) is 18.2 Å². The maximum Gasteiger partial charge on any atom is 0.328 e. The van der Waals surface area contributed by atoms with Crippen LogP contribution in [0.5, 0.6) is 0 Å². The lowest BCUT2D eigenvalue weighted by Crippen LogP contribution is -2.71. The summed E-state index contributed by atoms with van der Waals surface area (Å²) < 4.78 is 31.3. The van der Waals surface area contributed by atoms with Crippen molar-refractivity contribution in [3.63, 3.8) is 0 Å². The van der Waals surface area contributed by atoms with Crippen molar-refractivity contribution in [2.24, 2.45) is 5.92 Å². The summed E-state index contributed by atoms with van der Waals surface area (Å²) >= 11 is 0. The Kier molecular flexibility index (Phi) is 4.53. The topological polar surface area (TPSA) is 56.3 Å². The monoisotopic (exact) mass is 448 g/mol. The van der Waals surface area contributed by atoms with Crippen LogP contribution in [0.3, 0.4) is 0 Å². The molecule has 2 atom stereocenters. The maximum atomic E-state index is 15.6. The van der Waals surface area contributed by atoms with E-state index >= 15 is 8.78 Å². The molecule has 0 spiro atoms. The van der Waals surface area contributed by atoms with Gasteiger partial charge in [-0.1, -0.05) is 25.1 Å². The Bertz CT molecular complexity index is 1270. The van der Waals surface area contributed by atoms with Crippen LogP contribution >= 0.6 is 0 Å². The molecule has 0 amide bonds. The Labute approximate surface area is 190 Å². The van der Waals surface area contributed by atoms with Gasteiger partial charge in [-0.05, 0) is 73.4 Å². The summed E-state index contributed by atoms with van der Waals surface area (Å²) in [7, 11) is 0. The number of carboxylic acids is 1. The van der Waals surface area contributed by atoms with Crippen LogP contribution in [0.1, 0.15) is 61.0 Å². The van der Waals surface area contributed by atoms with Crippen LogP contribution in [0.15, 0.2) is 42.5 Å². The fourth-order valence-corrected chi connectivity index (χ4v) is 6.52. The Hall–Kier alpha value is -2.99. The summed E-state index contributed by atoms with van der Waals surface area (Å²) in [6.07, 6.45) is 7.17. The Morgan fingerprint density at radius 2 is 1.91 bits per heavy atom. The molecule has 3 aromatic rings. The van der Waals surface area contributed by atoms with Gasteiger partial charge in [-0.3, -0.25) is 4.90 Å². The van der Waals surface area contributed by atoms with E-state index in [4.69, 9.17) is 5.11 Å². The van der Waals surface area contributed by atoms with Gasteiger partial charge in [0.1, 0.15) is 11.6 Å². The molecule has 0 radical (unpaired) electrons. The van der Waals surface area contributed by atoms with E-state index in [1.165, 1.54) is 18.2 Å². The Morgan fingerprint density at radius 3 is 2.52 bits per heavy atom. The standard InChI is InChI=1S/C27H26F2N2O2/c1-2-17-11-19-18-5-3-4-6-22(18)30-25(19)26(31(17)27-12-16(13-27)14-27)24-20(28)9-15(10-21(24)29)7-8-23(32)33/h3-10,16-17,26,30H,2,11-14H2,1H3,(H,32,33)/b8-7+/t16?,17-,26-,27?/m1/s1. The first-order chi connectivity index (χ1) is 15.9. The summed E-state index contributed by atoms with van der Waals surface area (Å²) in [5.74, 6) is -1.69. The number of hydrogen-bond acceptors (Lipinski definition) is 2. The van der Waals surface area contributed by atoms with Gasteiger partial charge in [0.15, 0.2) is 0 Å². The Morgan fingerprint density at radius 1 is 1.21 bits per heavy atom. The molecule has 2 aromatic carbocycles. The van der Waals surface area contributed by atoms with E-state index in [1.54, 1.807) is 0 Å². The van der Waals surface area contributed by atoms with Crippen molar-refractivity contribution in [3.8, 4) is 0 Å². The van der Waals surface area contributed by atoms with Crippen LogP contribution in [-0.2, 0) is 11.2 Å². The molecule has 2 N–H and O–H groups in total. The lowest BCUT2D eigenvalue weighted by Gasteiger charge is -2.70. The molecule has 1 aromatic heterocycles. The largest absolute Gasteiger partial charge is 0.478 e. The van der Waals surface area contributed by atoms with Gasteiger partial charge >= 0.3 is 5.97 Å². The highest BCUT2D eigenvalue weighted by Gasteiger charge is 2.63. The number of fused-ring (bicyclic) bond motifs is 3. The number of aliphatic carboxylic acids is 1. The number of aromatic amines is 1. The van der Waals surface area contributed by atoms with E-state index in [0.717, 1.165) is 66.3 Å². The third-order valence-corrected chi connectivity index (χ3v) is 8.05. The zero-order valence-corrected chi connectivity index (χ0v) is 18.4. The van der Waals surface area contributed by atoms with Crippen molar-refractivity contribution in [1.29, 1.82) is 0 Å². The zero-order valence-electron chi connectivity index (χ0n) is 18.4. The highest BCUT2D eigenvalue weighted by Crippen LogP contribution is 2.64. The first kappa shape index (κ1) is 20.6. The third kappa shape index (κ3) is 3.00. The normalized spacial score (nSPS) is 28.5. The number of nitrogens with zero attached hydrogens (tertiary/aromatic N) is 1. The number of nitrogens with one attached hydrogen (secondary N) is 1. The lowest BCUT2D eigenvalue weighted by molar-refractivity contribution is -0.177. The molecule has 0 unspecified atom stereocenters. The summed E-state index contributed by atoms with van der Waals surface area (Å²) in [5, 5.41) is 10.0. The van der Waals surface area contributed by atoms with Gasteiger partial charge in [-0.25, -0.2) is 13.6 Å². The highest BCUT2D eigenvalue weighted by atomic mass is 19.1. The predicted octanol–water partition coefficient (Wildman–Crippen LogP) is 5.82. The summed E-state index contributed by atoms with van der Waals surface area (Å²) in [6, 6.07) is 10.2. The van der Waals surface area contributed by atoms with Gasteiger partial charge < -0.3 is 10.1 Å². The summed E-state index contributed by atoms with van der Waals surface area (Å²) in [4.78, 5) is 16.8. The summed E-state index contributed by atoms with van der Waals surface area (Å²) in [5.41, 5.74) is 3.30. The molecular weight excluding hydrogens is 422 g/mol. The SMILES string of the molecule is CC[C@@H]1Cc2c([nH]c3ccccc23)[C@@H](c2c(F)cc(/C=C/C(=O)O)cc2F)N1C12CC(C1)C2. The van der Waals surface area contributed by atoms with E-state index in [0.29, 0.717) is 0 Å². The van der Waals surface area contributed by atoms with E-state index < -0.39 is 23.6 Å². The first-order valence-corrected chi connectivity index (χ1v) is 11.7. The second-order valence-electron chi connectivity index (χ2n) is 9.91. The zero-order chi connectivity index (χ0) is 22.9. The molecule has 6 heteroatoms. The highest BCUT2D eigenvalue weighted by molar-refractivity contribution is 5.86.